The number of nitrogens with one attached hydrogen (secondary N) is 1. The van der Waals surface area contributed by atoms with Crippen LogP contribution >= 0.6 is 11.3 Å². The van der Waals surface area contributed by atoms with Crippen molar-refractivity contribution in [2.24, 2.45) is 0 Å². The molecule has 12 heteroatoms. The second-order valence-electron chi connectivity index (χ2n) is 10.7. The maximum atomic E-state index is 13.4. The average molecular weight is 597 g/mol. The normalized spacial score (nSPS) is 20.3. The Morgan fingerprint density at radius 1 is 1.12 bits per heavy atom. The van der Waals surface area contributed by atoms with Gasteiger partial charge in [0.1, 0.15) is 5.82 Å². The van der Waals surface area contributed by atoms with E-state index in [1.54, 1.807) is 24.7 Å². The number of sulfonamides is 1. The van der Waals surface area contributed by atoms with E-state index in [0.717, 1.165) is 48.4 Å². The Hall–Kier alpha value is -3.16. The molecule has 2 N–H and O–H groups in total. The number of hydrogen-bond acceptors (Lipinski definition) is 8. The van der Waals surface area contributed by atoms with Crippen molar-refractivity contribution in [2.45, 2.75) is 48.7 Å². The molecule has 0 radical (unpaired) electrons. The Morgan fingerprint density at radius 2 is 1.93 bits per heavy atom. The van der Waals surface area contributed by atoms with Gasteiger partial charge in [-0.05, 0) is 43.0 Å². The highest BCUT2D eigenvalue weighted by molar-refractivity contribution is 7.91. The number of rotatable bonds is 9. The van der Waals surface area contributed by atoms with E-state index in [2.05, 4.69) is 24.5 Å². The number of aryl methyl sites for hydroxylation is 2. The van der Waals surface area contributed by atoms with Crippen molar-refractivity contribution in [1.82, 2.24) is 24.2 Å². The number of anilines is 1. The summed E-state index contributed by atoms with van der Waals surface area (Å²) in [6, 6.07) is 13.9. The van der Waals surface area contributed by atoms with Gasteiger partial charge in [-0.3, -0.25) is 4.90 Å². The first kappa shape index (κ1) is 28.0. The second kappa shape index (κ2) is 11.6. The van der Waals surface area contributed by atoms with E-state index < -0.39 is 16.1 Å². The average Bonchev–Trinajstić information content (AvgIpc) is 3.71. The molecule has 4 aromatic rings. The molecule has 216 valence electrons. The number of halogens is 1. The maximum Gasteiger partial charge on any atom is 0.252 e. The molecule has 0 unspecified atom stereocenters. The molecule has 2 aromatic heterocycles. The van der Waals surface area contributed by atoms with Gasteiger partial charge in [-0.25, -0.2) is 27.5 Å². The van der Waals surface area contributed by atoms with Crippen LogP contribution in [0, 0.1) is 5.82 Å². The minimum Gasteiger partial charge on any atom is -0.392 e. The number of aliphatic hydroxyl groups is 1. The Labute approximate surface area is 243 Å². The molecule has 0 saturated carbocycles. The molecular formula is C29H33FN6O3S2. The maximum absolute atomic E-state index is 13.4. The summed E-state index contributed by atoms with van der Waals surface area (Å²) in [4.78, 5) is 13.2. The van der Waals surface area contributed by atoms with Crippen LogP contribution in [-0.4, -0.2) is 71.3 Å². The van der Waals surface area contributed by atoms with E-state index in [0.29, 0.717) is 24.6 Å². The SMILES string of the molecule is C[C@@H](NS(=O)(=O)c1cnc(N2CCN3C[C@H](O)C[C@H]3C2)s1)c1ccccc1-c1cncn1CCc1ccc(F)cc1. The third-order valence-electron chi connectivity index (χ3n) is 7.90. The van der Waals surface area contributed by atoms with Gasteiger partial charge in [-0.15, -0.1) is 0 Å². The lowest BCUT2D eigenvalue weighted by molar-refractivity contribution is 0.173. The third-order valence-corrected chi connectivity index (χ3v) is 11.0. The summed E-state index contributed by atoms with van der Waals surface area (Å²) in [6.45, 7) is 5.50. The largest absolute Gasteiger partial charge is 0.392 e. The van der Waals surface area contributed by atoms with Crippen molar-refractivity contribution < 1.29 is 17.9 Å². The summed E-state index contributed by atoms with van der Waals surface area (Å²) in [7, 11) is -3.82. The number of fused-ring (bicyclic) bond motifs is 1. The van der Waals surface area contributed by atoms with Gasteiger partial charge in [0.25, 0.3) is 10.0 Å². The molecule has 2 saturated heterocycles. The number of benzene rings is 2. The van der Waals surface area contributed by atoms with Gasteiger partial charge in [0.2, 0.25) is 0 Å². The summed E-state index contributed by atoms with van der Waals surface area (Å²) in [5, 5.41) is 10.7. The van der Waals surface area contributed by atoms with E-state index in [-0.39, 0.29) is 22.2 Å². The zero-order chi connectivity index (χ0) is 28.6. The van der Waals surface area contributed by atoms with Gasteiger partial charge < -0.3 is 14.6 Å². The monoisotopic (exact) mass is 596 g/mol. The van der Waals surface area contributed by atoms with Gasteiger partial charge in [-0.1, -0.05) is 47.7 Å². The quantitative estimate of drug-likeness (QED) is 0.304. The first-order chi connectivity index (χ1) is 19.8. The topological polar surface area (TPSA) is 104 Å². The molecule has 0 spiro atoms. The van der Waals surface area contributed by atoms with E-state index in [1.807, 2.05) is 35.8 Å². The number of hydrogen-bond donors (Lipinski definition) is 2. The van der Waals surface area contributed by atoms with Gasteiger partial charge in [0, 0.05) is 50.4 Å². The van der Waals surface area contributed by atoms with E-state index in [4.69, 9.17) is 0 Å². The molecule has 41 heavy (non-hydrogen) atoms. The lowest BCUT2D eigenvalue weighted by Crippen LogP contribution is -2.50. The number of nitrogens with zero attached hydrogens (tertiary/aromatic N) is 5. The highest BCUT2D eigenvalue weighted by Crippen LogP contribution is 2.33. The first-order valence-electron chi connectivity index (χ1n) is 13.8. The fraction of sp³-hybridized carbons (Fsp3) is 0.379. The van der Waals surface area contributed by atoms with Crippen molar-refractivity contribution in [3.63, 3.8) is 0 Å². The van der Waals surface area contributed by atoms with E-state index in [9.17, 15) is 17.9 Å². The fourth-order valence-electron chi connectivity index (χ4n) is 5.80. The molecule has 3 atom stereocenters. The van der Waals surface area contributed by atoms with Crippen molar-refractivity contribution in [3.05, 3.63) is 84.2 Å². The minimum absolute atomic E-state index is 0.176. The summed E-state index contributed by atoms with van der Waals surface area (Å²) < 4.78 is 45.2. The molecule has 2 aliphatic rings. The highest BCUT2D eigenvalue weighted by atomic mass is 32.2. The lowest BCUT2D eigenvalue weighted by Gasteiger charge is -2.37. The molecule has 2 aliphatic heterocycles. The summed E-state index contributed by atoms with van der Waals surface area (Å²) in [5.41, 5.74) is 3.62. The molecule has 6 rings (SSSR count). The molecule has 2 aromatic carbocycles. The molecule has 0 amide bonds. The van der Waals surface area contributed by atoms with Crippen molar-refractivity contribution in [2.75, 3.05) is 31.1 Å². The van der Waals surface area contributed by atoms with Gasteiger partial charge in [0.05, 0.1) is 30.5 Å². The predicted octanol–water partition coefficient (Wildman–Crippen LogP) is 3.68. The smallest absolute Gasteiger partial charge is 0.252 e. The van der Waals surface area contributed by atoms with Crippen LogP contribution in [0.5, 0.6) is 0 Å². The number of imidazole rings is 1. The Kier molecular flexibility index (Phi) is 7.92. The summed E-state index contributed by atoms with van der Waals surface area (Å²) in [5.74, 6) is -0.260. The number of aromatic nitrogens is 3. The zero-order valence-corrected chi connectivity index (χ0v) is 24.4. The van der Waals surface area contributed by atoms with Crippen LogP contribution in [0.25, 0.3) is 11.3 Å². The van der Waals surface area contributed by atoms with Crippen molar-refractivity contribution in [1.29, 1.82) is 0 Å². The number of aliphatic hydroxyl groups excluding tert-OH is 1. The second-order valence-corrected chi connectivity index (χ2v) is 13.7. The lowest BCUT2D eigenvalue weighted by atomic mass is 10.00. The van der Waals surface area contributed by atoms with Crippen molar-refractivity contribution >= 4 is 26.5 Å². The van der Waals surface area contributed by atoms with Crippen LogP contribution < -0.4 is 9.62 Å². The summed E-state index contributed by atoms with van der Waals surface area (Å²) >= 11 is 1.17. The Balaban J connectivity index is 1.16. The van der Waals surface area contributed by atoms with Crippen LogP contribution in [0.15, 0.2) is 71.5 Å². The highest BCUT2D eigenvalue weighted by Gasteiger charge is 2.36. The van der Waals surface area contributed by atoms with Crippen LogP contribution in [0.2, 0.25) is 0 Å². The zero-order valence-electron chi connectivity index (χ0n) is 22.7. The van der Waals surface area contributed by atoms with Crippen LogP contribution in [-0.2, 0) is 23.0 Å². The molecular weight excluding hydrogens is 563 g/mol. The standard InChI is InChI=1S/C29H33FN6O3S2/c1-20(33-41(38,39)28-16-32-29(40-28)35-13-12-34-18-24(37)14-23(34)17-35)25-4-2-3-5-26(25)27-15-31-19-36(27)11-10-21-6-8-22(30)9-7-21/h2-9,15-16,19-20,23-24,33,37H,10-14,17-18H2,1H3/t20-,23+,24-/m1/s1. The van der Waals surface area contributed by atoms with Crippen LogP contribution in [0.3, 0.4) is 0 Å². The third kappa shape index (κ3) is 6.07. The molecule has 9 nitrogen and oxygen atoms in total. The van der Waals surface area contributed by atoms with Gasteiger partial charge in [-0.2, -0.15) is 0 Å². The molecule has 0 bridgehead atoms. The van der Waals surface area contributed by atoms with Crippen LogP contribution in [0.1, 0.15) is 30.5 Å². The predicted molar refractivity (Wildman–Crippen MR) is 157 cm³/mol. The fourth-order valence-corrected chi connectivity index (χ4v) is 8.19. The molecule has 0 aliphatic carbocycles. The van der Waals surface area contributed by atoms with E-state index in [1.165, 1.54) is 29.7 Å². The first-order valence-corrected chi connectivity index (χ1v) is 16.1. The Morgan fingerprint density at radius 3 is 2.76 bits per heavy atom. The number of thiazole rings is 1. The molecule has 2 fully saturated rings. The van der Waals surface area contributed by atoms with E-state index >= 15 is 0 Å². The molecule has 4 heterocycles. The van der Waals surface area contributed by atoms with Crippen LogP contribution in [0.4, 0.5) is 9.52 Å². The van der Waals surface area contributed by atoms with Crippen molar-refractivity contribution in [3.8, 4) is 11.3 Å². The Bertz CT molecular complexity index is 1610. The minimum atomic E-state index is -3.82. The number of piperazine rings is 1. The van der Waals surface area contributed by atoms with Gasteiger partial charge in [0.15, 0.2) is 9.34 Å². The van der Waals surface area contributed by atoms with Gasteiger partial charge >= 0.3 is 0 Å². The summed E-state index contributed by atoms with van der Waals surface area (Å²) in [6.07, 6.45) is 6.11.